The Balaban J connectivity index is 2.46. The van der Waals surface area contributed by atoms with E-state index in [1.807, 2.05) is 48.5 Å². The highest BCUT2D eigenvalue weighted by molar-refractivity contribution is 6.31. The van der Waals surface area contributed by atoms with Gasteiger partial charge < -0.3 is 0 Å². The minimum atomic E-state index is -0.0962. The van der Waals surface area contributed by atoms with Gasteiger partial charge in [-0.2, -0.15) is 0 Å². The Labute approximate surface area is 117 Å². The molecule has 0 unspecified atom stereocenters. The molecule has 0 N–H and O–H groups in total. The molecule has 94 valence electrons. The molecule has 19 heavy (non-hydrogen) atoms. The number of hydrogen-bond donors (Lipinski definition) is 0. The smallest absolute Gasteiger partial charge is 0.185 e. The SMILES string of the molecule is C=CC(=O)C(=Cc1ccc(Cl)cc1)c1ccccc1. The molecular weight excluding hydrogens is 256 g/mol. The van der Waals surface area contributed by atoms with Gasteiger partial charge in [0, 0.05) is 10.6 Å². The molecule has 0 fully saturated rings. The van der Waals surface area contributed by atoms with Gasteiger partial charge in [-0.15, -0.1) is 0 Å². The molecule has 0 radical (unpaired) electrons. The van der Waals surface area contributed by atoms with E-state index in [4.69, 9.17) is 11.6 Å². The second-order valence-electron chi connectivity index (χ2n) is 4.04. The van der Waals surface area contributed by atoms with Gasteiger partial charge in [0.05, 0.1) is 0 Å². The third kappa shape index (κ3) is 3.43. The van der Waals surface area contributed by atoms with Crippen molar-refractivity contribution < 1.29 is 4.79 Å². The third-order valence-electron chi connectivity index (χ3n) is 2.72. The highest BCUT2D eigenvalue weighted by Gasteiger charge is 2.08. The second-order valence-corrected chi connectivity index (χ2v) is 4.48. The fraction of sp³-hybridized carbons (Fsp3) is 0. The predicted octanol–water partition coefficient (Wildman–Crippen LogP) is 4.64. The van der Waals surface area contributed by atoms with Crippen LogP contribution < -0.4 is 0 Å². The lowest BCUT2D eigenvalue weighted by atomic mass is 9.99. The van der Waals surface area contributed by atoms with E-state index in [0.717, 1.165) is 11.1 Å². The molecule has 0 aliphatic rings. The zero-order valence-electron chi connectivity index (χ0n) is 10.3. The van der Waals surface area contributed by atoms with E-state index >= 15 is 0 Å². The van der Waals surface area contributed by atoms with Gasteiger partial charge in [0.1, 0.15) is 0 Å². The maximum Gasteiger partial charge on any atom is 0.185 e. The van der Waals surface area contributed by atoms with Crippen molar-refractivity contribution in [2.75, 3.05) is 0 Å². The van der Waals surface area contributed by atoms with Crippen LogP contribution in [0, 0.1) is 0 Å². The van der Waals surface area contributed by atoms with Crippen LogP contribution in [0.25, 0.3) is 11.6 Å². The van der Waals surface area contributed by atoms with Crippen molar-refractivity contribution in [3.05, 3.63) is 83.4 Å². The van der Waals surface area contributed by atoms with E-state index in [9.17, 15) is 4.79 Å². The Morgan fingerprint density at radius 3 is 2.21 bits per heavy atom. The van der Waals surface area contributed by atoms with E-state index in [0.29, 0.717) is 10.6 Å². The maximum atomic E-state index is 12.0. The summed E-state index contributed by atoms with van der Waals surface area (Å²) in [6.07, 6.45) is 3.17. The number of allylic oxidation sites excluding steroid dienone is 2. The normalized spacial score (nSPS) is 11.1. The number of rotatable bonds is 4. The van der Waals surface area contributed by atoms with Crippen molar-refractivity contribution in [2.45, 2.75) is 0 Å². The Morgan fingerprint density at radius 2 is 1.63 bits per heavy atom. The molecule has 0 saturated heterocycles. The van der Waals surface area contributed by atoms with Crippen LogP contribution in [-0.4, -0.2) is 5.78 Å². The Bertz CT molecular complexity index is 609. The number of halogens is 1. The van der Waals surface area contributed by atoms with Crippen molar-refractivity contribution in [1.29, 1.82) is 0 Å². The van der Waals surface area contributed by atoms with Gasteiger partial charge >= 0.3 is 0 Å². The molecule has 0 aromatic heterocycles. The van der Waals surface area contributed by atoms with Gasteiger partial charge in [-0.3, -0.25) is 4.79 Å². The lowest BCUT2D eigenvalue weighted by molar-refractivity contribution is -0.109. The van der Waals surface area contributed by atoms with E-state index < -0.39 is 0 Å². The van der Waals surface area contributed by atoms with Crippen LogP contribution in [0.1, 0.15) is 11.1 Å². The Kier molecular flexibility index (Phi) is 4.32. The fourth-order valence-electron chi connectivity index (χ4n) is 1.75. The predicted molar refractivity (Wildman–Crippen MR) is 81.0 cm³/mol. The van der Waals surface area contributed by atoms with E-state index in [1.54, 1.807) is 12.1 Å². The second kappa shape index (κ2) is 6.17. The van der Waals surface area contributed by atoms with Crippen molar-refractivity contribution in [3.63, 3.8) is 0 Å². The summed E-state index contributed by atoms with van der Waals surface area (Å²) in [5, 5.41) is 0.674. The van der Waals surface area contributed by atoms with Gasteiger partial charge in [0.25, 0.3) is 0 Å². The summed E-state index contributed by atoms with van der Waals surface area (Å²) >= 11 is 5.85. The van der Waals surface area contributed by atoms with Crippen molar-refractivity contribution in [3.8, 4) is 0 Å². The molecule has 0 amide bonds. The monoisotopic (exact) mass is 268 g/mol. The van der Waals surface area contributed by atoms with Gasteiger partial charge in [0.2, 0.25) is 0 Å². The zero-order valence-corrected chi connectivity index (χ0v) is 11.1. The molecule has 2 aromatic carbocycles. The van der Waals surface area contributed by atoms with Crippen LogP contribution in [0.2, 0.25) is 5.02 Å². The first kappa shape index (κ1) is 13.3. The van der Waals surface area contributed by atoms with Crippen LogP contribution in [0.4, 0.5) is 0 Å². The standard InChI is InChI=1S/C17H13ClO/c1-2-17(19)16(14-6-4-3-5-7-14)12-13-8-10-15(18)11-9-13/h2-12H,1H2. The van der Waals surface area contributed by atoms with E-state index in [-0.39, 0.29) is 5.78 Å². The van der Waals surface area contributed by atoms with E-state index in [1.165, 1.54) is 6.08 Å². The summed E-state index contributed by atoms with van der Waals surface area (Å²) in [5.41, 5.74) is 2.43. The summed E-state index contributed by atoms with van der Waals surface area (Å²) in [6.45, 7) is 3.55. The molecule has 0 saturated carbocycles. The highest BCUT2D eigenvalue weighted by atomic mass is 35.5. The maximum absolute atomic E-state index is 12.0. The summed E-state index contributed by atoms with van der Waals surface area (Å²) in [4.78, 5) is 12.0. The zero-order chi connectivity index (χ0) is 13.7. The Morgan fingerprint density at radius 1 is 1.00 bits per heavy atom. The van der Waals surface area contributed by atoms with Gasteiger partial charge in [-0.1, -0.05) is 60.6 Å². The minimum Gasteiger partial charge on any atom is -0.289 e. The van der Waals surface area contributed by atoms with Crippen LogP contribution in [0.3, 0.4) is 0 Å². The molecule has 0 heterocycles. The summed E-state index contributed by atoms with van der Waals surface area (Å²) < 4.78 is 0. The molecule has 2 rings (SSSR count). The van der Waals surface area contributed by atoms with Crippen LogP contribution in [-0.2, 0) is 4.79 Å². The molecule has 0 bridgehead atoms. The number of benzene rings is 2. The summed E-state index contributed by atoms with van der Waals surface area (Å²) in [5.74, 6) is -0.0962. The third-order valence-corrected chi connectivity index (χ3v) is 2.97. The number of carbonyl (C=O) groups excluding carboxylic acids is 1. The first-order chi connectivity index (χ1) is 9.20. The number of ketones is 1. The molecule has 2 aromatic rings. The van der Waals surface area contributed by atoms with Gasteiger partial charge in [-0.25, -0.2) is 0 Å². The summed E-state index contributed by atoms with van der Waals surface area (Å²) in [7, 11) is 0. The van der Waals surface area contributed by atoms with Crippen LogP contribution >= 0.6 is 11.6 Å². The molecule has 0 atom stereocenters. The molecule has 0 aliphatic heterocycles. The van der Waals surface area contributed by atoms with Crippen molar-refractivity contribution in [2.24, 2.45) is 0 Å². The fourth-order valence-corrected chi connectivity index (χ4v) is 1.88. The van der Waals surface area contributed by atoms with Crippen molar-refractivity contribution >= 4 is 29.0 Å². The average Bonchev–Trinajstić information content (AvgIpc) is 2.47. The van der Waals surface area contributed by atoms with E-state index in [2.05, 4.69) is 6.58 Å². The first-order valence-corrected chi connectivity index (χ1v) is 6.28. The largest absolute Gasteiger partial charge is 0.289 e. The average molecular weight is 269 g/mol. The molecule has 0 aliphatic carbocycles. The number of carbonyl (C=O) groups is 1. The Hall–Kier alpha value is -2.12. The topological polar surface area (TPSA) is 17.1 Å². The molecule has 2 heteroatoms. The minimum absolute atomic E-state index is 0.0962. The first-order valence-electron chi connectivity index (χ1n) is 5.90. The molecular formula is C17H13ClO. The molecule has 0 spiro atoms. The number of hydrogen-bond acceptors (Lipinski definition) is 1. The quantitative estimate of drug-likeness (QED) is 0.583. The lowest BCUT2D eigenvalue weighted by Crippen LogP contribution is -1.97. The summed E-state index contributed by atoms with van der Waals surface area (Å²) in [6, 6.07) is 16.9. The van der Waals surface area contributed by atoms with Crippen molar-refractivity contribution in [1.82, 2.24) is 0 Å². The highest BCUT2D eigenvalue weighted by Crippen LogP contribution is 2.20. The van der Waals surface area contributed by atoms with Crippen LogP contribution in [0.15, 0.2) is 67.3 Å². The molecule has 1 nitrogen and oxygen atoms in total. The van der Waals surface area contributed by atoms with Crippen LogP contribution in [0.5, 0.6) is 0 Å². The lowest BCUT2D eigenvalue weighted by Gasteiger charge is -2.04. The van der Waals surface area contributed by atoms with Gasteiger partial charge in [0.15, 0.2) is 5.78 Å². The van der Waals surface area contributed by atoms with Gasteiger partial charge in [-0.05, 0) is 35.4 Å².